The van der Waals surface area contributed by atoms with Gasteiger partial charge in [-0.1, -0.05) is 56.2 Å². The third kappa shape index (κ3) is 9.17. The van der Waals surface area contributed by atoms with E-state index in [2.05, 4.69) is 15.4 Å². The Bertz CT molecular complexity index is 2000. The third-order valence-electron chi connectivity index (χ3n) is 10.7. The van der Waals surface area contributed by atoms with E-state index in [9.17, 15) is 36.8 Å². The molecule has 302 valence electrons. The van der Waals surface area contributed by atoms with Crippen LogP contribution in [0.2, 0.25) is 0 Å². The minimum absolute atomic E-state index is 0.0137. The molecule has 5 atom stereocenters. The predicted molar refractivity (Wildman–Crippen MR) is 202 cm³/mol. The lowest BCUT2D eigenvalue weighted by atomic mass is 10.0. The van der Waals surface area contributed by atoms with Gasteiger partial charge in [0.1, 0.15) is 35.1 Å². The van der Waals surface area contributed by atoms with Gasteiger partial charge in [-0.3, -0.25) is 19.3 Å². The fourth-order valence-electron chi connectivity index (χ4n) is 7.52. The first-order chi connectivity index (χ1) is 26.5. The van der Waals surface area contributed by atoms with Crippen molar-refractivity contribution in [2.75, 3.05) is 6.54 Å². The number of amides is 5. The van der Waals surface area contributed by atoms with Gasteiger partial charge >= 0.3 is 12.2 Å². The standard InChI is InChI=1S/C40H50FN5O9S/c1-5-25-16-18-29(19-17-25)56(52,53)44-36(49)40-21-27(40)13-9-7-6-8-10-15-32(42-37(50)55-39(2,3)4)35(48)46-23-28(20-33(46)34(47)43-40)54-38(51)45-22-26-12-11-14-31(41)30(26)24-45/h9,11-14,16-19,27-28,32-33H,5-8,10,15,20-24H2,1-4H3,(H,42,50)(H,43,47)(H,44,49)/t27-,28-,32+,33+,40-/m1/s1. The highest BCUT2D eigenvalue weighted by atomic mass is 32.2. The van der Waals surface area contributed by atoms with Gasteiger partial charge in [0.05, 0.1) is 18.0 Å². The van der Waals surface area contributed by atoms with Crippen molar-refractivity contribution in [1.29, 1.82) is 0 Å². The Balaban J connectivity index is 1.26. The van der Waals surface area contributed by atoms with Gasteiger partial charge < -0.3 is 25.0 Å². The van der Waals surface area contributed by atoms with Gasteiger partial charge in [-0.2, -0.15) is 0 Å². The van der Waals surface area contributed by atoms with Crippen LogP contribution in [0.25, 0.3) is 0 Å². The van der Waals surface area contributed by atoms with Gasteiger partial charge in [-0.05, 0) is 82.2 Å². The Labute approximate surface area is 326 Å². The number of hydrogen-bond acceptors (Lipinski definition) is 9. The first-order valence-electron chi connectivity index (χ1n) is 19.2. The molecule has 2 aromatic carbocycles. The highest BCUT2D eigenvalue weighted by Gasteiger charge is 2.61. The molecule has 1 saturated heterocycles. The molecule has 0 unspecified atom stereocenters. The summed E-state index contributed by atoms with van der Waals surface area (Å²) in [7, 11) is -4.32. The highest BCUT2D eigenvalue weighted by Crippen LogP contribution is 2.46. The zero-order valence-electron chi connectivity index (χ0n) is 32.1. The summed E-state index contributed by atoms with van der Waals surface area (Å²) < 4.78 is 54.7. The number of rotatable bonds is 6. The van der Waals surface area contributed by atoms with Gasteiger partial charge in [-0.25, -0.2) is 27.1 Å². The minimum atomic E-state index is -4.32. The summed E-state index contributed by atoms with van der Waals surface area (Å²) in [6, 6.07) is 8.37. The maximum absolute atomic E-state index is 14.5. The van der Waals surface area contributed by atoms with Crippen LogP contribution >= 0.6 is 0 Å². The van der Waals surface area contributed by atoms with E-state index < -0.39 is 81.0 Å². The molecule has 4 aliphatic rings. The number of alkyl carbamates (subject to hydrolysis) is 1. The SMILES string of the molecule is CCc1ccc(S(=O)(=O)NC(=O)[C@@]23C[C@H]2C=CCCCCC[C@H](NC(=O)OC(C)(C)C)C(=O)N2C[C@H](OC(=O)N4Cc5cccc(F)c5C4)C[C@H]2C(=O)N3)cc1. The van der Waals surface area contributed by atoms with Crippen molar-refractivity contribution in [1.82, 2.24) is 25.2 Å². The second kappa shape index (κ2) is 16.2. The van der Waals surface area contributed by atoms with E-state index >= 15 is 0 Å². The summed E-state index contributed by atoms with van der Waals surface area (Å²) in [6.45, 7) is 6.89. The van der Waals surface area contributed by atoms with E-state index in [1.807, 2.05) is 13.0 Å². The Morgan fingerprint density at radius 2 is 1.79 bits per heavy atom. The van der Waals surface area contributed by atoms with Crippen molar-refractivity contribution in [3.05, 3.63) is 77.1 Å². The lowest BCUT2D eigenvalue weighted by molar-refractivity contribution is -0.141. The van der Waals surface area contributed by atoms with Crippen LogP contribution in [0.3, 0.4) is 0 Å². The number of carbonyl (C=O) groups excluding carboxylic acids is 5. The molecule has 0 bridgehead atoms. The minimum Gasteiger partial charge on any atom is -0.444 e. The number of carbonyl (C=O) groups is 5. The Morgan fingerprint density at radius 3 is 2.48 bits per heavy atom. The summed E-state index contributed by atoms with van der Waals surface area (Å²) in [5.74, 6) is -3.26. The van der Waals surface area contributed by atoms with Crippen LogP contribution in [0.4, 0.5) is 14.0 Å². The molecule has 16 heteroatoms. The summed E-state index contributed by atoms with van der Waals surface area (Å²) in [6.07, 6.45) is 4.66. The normalized spacial score (nSPS) is 25.4. The molecular weight excluding hydrogens is 746 g/mol. The lowest BCUT2D eigenvalue weighted by Gasteiger charge is -2.30. The smallest absolute Gasteiger partial charge is 0.410 e. The maximum atomic E-state index is 14.5. The Kier molecular flexibility index (Phi) is 11.8. The van der Waals surface area contributed by atoms with E-state index in [1.54, 1.807) is 51.1 Å². The molecule has 1 aliphatic carbocycles. The average Bonchev–Trinajstić information content (AvgIpc) is 3.42. The third-order valence-corrected chi connectivity index (χ3v) is 12.0. The van der Waals surface area contributed by atoms with Crippen molar-refractivity contribution in [3.63, 3.8) is 0 Å². The number of nitrogens with one attached hydrogen (secondary N) is 3. The van der Waals surface area contributed by atoms with Crippen LogP contribution in [-0.2, 0) is 53.4 Å². The van der Waals surface area contributed by atoms with Crippen LogP contribution < -0.4 is 15.4 Å². The van der Waals surface area contributed by atoms with Crippen molar-refractivity contribution < 1.29 is 46.3 Å². The van der Waals surface area contributed by atoms with Crippen LogP contribution in [0, 0.1) is 11.7 Å². The van der Waals surface area contributed by atoms with Gasteiger partial charge in [0.15, 0.2) is 0 Å². The fourth-order valence-corrected chi connectivity index (χ4v) is 8.56. The number of hydrogen-bond donors (Lipinski definition) is 3. The molecule has 2 fully saturated rings. The largest absolute Gasteiger partial charge is 0.444 e. The van der Waals surface area contributed by atoms with Crippen LogP contribution in [0.1, 0.15) is 89.3 Å². The molecule has 1 saturated carbocycles. The molecule has 0 radical (unpaired) electrons. The molecular formula is C40H50FN5O9S. The molecule has 0 spiro atoms. The topological polar surface area (TPSA) is 181 Å². The predicted octanol–water partition coefficient (Wildman–Crippen LogP) is 4.60. The zero-order valence-corrected chi connectivity index (χ0v) is 33.0. The van der Waals surface area contributed by atoms with Gasteiger partial charge in [0.2, 0.25) is 11.8 Å². The summed E-state index contributed by atoms with van der Waals surface area (Å²) in [5.41, 5.74) is -0.561. The number of fused-ring (bicyclic) bond motifs is 3. The highest BCUT2D eigenvalue weighted by molar-refractivity contribution is 7.90. The van der Waals surface area contributed by atoms with Crippen molar-refractivity contribution in [2.45, 2.75) is 126 Å². The first kappa shape index (κ1) is 40.7. The fraction of sp³-hybridized carbons (Fsp3) is 0.525. The molecule has 3 aliphatic heterocycles. The molecule has 3 N–H and O–H groups in total. The van der Waals surface area contributed by atoms with Crippen LogP contribution in [0.5, 0.6) is 0 Å². The number of allylic oxidation sites excluding steroid dienone is 1. The first-order valence-corrected chi connectivity index (χ1v) is 20.6. The number of ether oxygens (including phenoxy) is 2. The van der Waals surface area contributed by atoms with E-state index in [0.717, 1.165) is 12.0 Å². The number of halogens is 1. The summed E-state index contributed by atoms with van der Waals surface area (Å²) >= 11 is 0. The molecule has 2 aromatic rings. The van der Waals surface area contributed by atoms with E-state index in [-0.39, 0.29) is 43.8 Å². The second-order valence-corrected chi connectivity index (χ2v) is 17.6. The van der Waals surface area contributed by atoms with Gasteiger partial charge in [0, 0.05) is 24.4 Å². The monoisotopic (exact) mass is 795 g/mol. The number of sulfonamides is 1. The second-order valence-electron chi connectivity index (χ2n) is 15.9. The zero-order chi connectivity index (χ0) is 40.4. The molecule has 5 amide bonds. The van der Waals surface area contributed by atoms with E-state index in [0.29, 0.717) is 36.8 Å². The van der Waals surface area contributed by atoms with Crippen LogP contribution in [0.15, 0.2) is 59.5 Å². The molecule has 3 heterocycles. The van der Waals surface area contributed by atoms with Gasteiger partial charge in [0.25, 0.3) is 15.9 Å². The van der Waals surface area contributed by atoms with Crippen molar-refractivity contribution in [2.24, 2.45) is 5.92 Å². The summed E-state index contributed by atoms with van der Waals surface area (Å²) in [4.78, 5) is 71.5. The summed E-state index contributed by atoms with van der Waals surface area (Å²) in [5, 5.41) is 5.46. The number of nitrogens with zero attached hydrogens (tertiary/aromatic N) is 2. The number of benzene rings is 2. The van der Waals surface area contributed by atoms with E-state index in [1.165, 1.54) is 28.0 Å². The van der Waals surface area contributed by atoms with Crippen LogP contribution in [-0.4, -0.2) is 84.0 Å². The Morgan fingerprint density at radius 1 is 1.04 bits per heavy atom. The van der Waals surface area contributed by atoms with Crippen molar-refractivity contribution in [3.8, 4) is 0 Å². The maximum Gasteiger partial charge on any atom is 0.410 e. The van der Waals surface area contributed by atoms with E-state index in [4.69, 9.17) is 9.47 Å². The van der Waals surface area contributed by atoms with Gasteiger partial charge in [-0.15, -0.1) is 0 Å². The van der Waals surface area contributed by atoms with Crippen molar-refractivity contribution >= 4 is 39.9 Å². The average molecular weight is 796 g/mol. The molecule has 6 rings (SSSR count). The molecule has 0 aromatic heterocycles. The number of aryl methyl sites for hydroxylation is 1. The lowest BCUT2D eigenvalue weighted by Crippen LogP contribution is -2.58. The quantitative estimate of drug-likeness (QED) is 0.352. The molecule has 56 heavy (non-hydrogen) atoms. The molecule has 14 nitrogen and oxygen atoms in total. The Hall–Kier alpha value is -4.99.